The van der Waals surface area contributed by atoms with Gasteiger partial charge in [0.2, 0.25) is 17.7 Å². The van der Waals surface area contributed by atoms with Gasteiger partial charge in [-0.05, 0) is 25.5 Å². The van der Waals surface area contributed by atoms with E-state index in [2.05, 4.69) is 5.32 Å². The van der Waals surface area contributed by atoms with E-state index >= 15 is 0 Å². The van der Waals surface area contributed by atoms with E-state index in [9.17, 15) is 14.4 Å². The molecular formula is C16H28N2O4S. The monoisotopic (exact) mass is 344 g/mol. The van der Waals surface area contributed by atoms with Crippen molar-refractivity contribution in [3.63, 3.8) is 0 Å². The molecule has 1 fully saturated rings. The van der Waals surface area contributed by atoms with Crippen LogP contribution in [0.25, 0.3) is 0 Å². The van der Waals surface area contributed by atoms with Gasteiger partial charge in [-0.2, -0.15) is 0 Å². The molecule has 0 aliphatic carbocycles. The third kappa shape index (κ3) is 6.51. The van der Waals surface area contributed by atoms with E-state index in [0.717, 1.165) is 0 Å². The smallest absolute Gasteiger partial charge is 0.242 e. The molecule has 1 atom stereocenters. The molecule has 6 nitrogen and oxygen atoms in total. The molecule has 1 aliphatic rings. The molecule has 1 saturated heterocycles. The first kappa shape index (κ1) is 20.0. The fourth-order valence-electron chi connectivity index (χ4n) is 2.23. The fraction of sp³-hybridized carbons (Fsp3) is 0.812. The zero-order valence-corrected chi connectivity index (χ0v) is 15.5. The molecule has 0 radical (unpaired) electrons. The van der Waals surface area contributed by atoms with Gasteiger partial charge in [0.1, 0.15) is 0 Å². The Morgan fingerprint density at radius 1 is 1.43 bits per heavy atom. The normalized spacial score (nSPS) is 18.9. The van der Waals surface area contributed by atoms with E-state index in [-0.39, 0.29) is 48.0 Å². The van der Waals surface area contributed by atoms with Crippen LogP contribution in [0.15, 0.2) is 0 Å². The quantitative estimate of drug-likeness (QED) is 0.643. The summed E-state index contributed by atoms with van der Waals surface area (Å²) in [4.78, 5) is 37.2. The Kier molecular flexibility index (Phi) is 7.54. The summed E-state index contributed by atoms with van der Waals surface area (Å²) in [6.45, 7) is 8.57. The molecule has 0 bridgehead atoms. The van der Waals surface area contributed by atoms with Crippen molar-refractivity contribution in [3.8, 4) is 0 Å². The van der Waals surface area contributed by atoms with Crippen LogP contribution < -0.4 is 5.32 Å². The van der Waals surface area contributed by atoms with Crippen LogP contribution in [0.2, 0.25) is 0 Å². The van der Waals surface area contributed by atoms with Crippen LogP contribution in [0.1, 0.15) is 47.0 Å². The molecule has 0 spiro atoms. The van der Waals surface area contributed by atoms with Gasteiger partial charge in [0.15, 0.2) is 0 Å². The van der Waals surface area contributed by atoms with Gasteiger partial charge >= 0.3 is 0 Å². The lowest BCUT2D eigenvalue weighted by molar-refractivity contribution is -0.138. The van der Waals surface area contributed by atoms with E-state index in [1.165, 1.54) is 16.7 Å². The SMILES string of the molecule is COC(C)(C)CCNC(=O)CCN1C(=O)CC(SC(C)C)C1=O. The average molecular weight is 344 g/mol. The molecule has 1 heterocycles. The number of amides is 3. The van der Waals surface area contributed by atoms with Crippen LogP contribution in [-0.4, -0.2) is 58.9 Å². The molecule has 1 aliphatic heterocycles. The van der Waals surface area contributed by atoms with E-state index < -0.39 is 0 Å². The maximum atomic E-state index is 12.2. The fourth-order valence-corrected chi connectivity index (χ4v) is 3.37. The predicted molar refractivity (Wildman–Crippen MR) is 91.2 cm³/mol. The van der Waals surface area contributed by atoms with E-state index in [1.807, 2.05) is 27.7 Å². The number of thioether (sulfide) groups is 1. The van der Waals surface area contributed by atoms with Crippen molar-refractivity contribution in [1.82, 2.24) is 10.2 Å². The Labute approximate surface area is 142 Å². The minimum absolute atomic E-state index is 0.143. The number of nitrogens with zero attached hydrogens (tertiary/aromatic N) is 1. The van der Waals surface area contributed by atoms with Gasteiger partial charge in [-0.3, -0.25) is 19.3 Å². The number of likely N-dealkylation sites (tertiary alicyclic amines) is 1. The van der Waals surface area contributed by atoms with Crippen LogP contribution in [0.3, 0.4) is 0 Å². The summed E-state index contributed by atoms with van der Waals surface area (Å²) in [6, 6.07) is 0. The Morgan fingerprint density at radius 2 is 2.09 bits per heavy atom. The second-order valence-corrected chi connectivity index (χ2v) is 8.36. The number of rotatable bonds is 9. The summed E-state index contributed by atoms with van der Waals surface area (Å²) in [5, 5.41) is 2.79. The number of carbonyl (C=O) groups excluding carboxylic acids is 3. The summed E-state index contributed by atoms with van der Waals surface area (Å²) in [5.74, 6) is -0.499. The van der Waals surface area contributed by atoms with Crippen molar-refractivity contribution < 1.29 is 19.1 Å². The maximum Gasteiger partial charge on any atom is 0.242 e. The maximum absolute atomic E-state index is 12.2. The van der Waals surface area contributed by atoms with Crippen molar-refractivity contribution in [2.45, 2.75) is 63.1 Å². The zero-order valence-electron chi connectivity index (χ0n) is 14.7. The highest BCUT2D eigenvalue weighted by atomic mass is 32.2. The number of carbonyl (C=O) groups is 3. The molecule has 3 amide bonds. The minimum atomic E-state index is -0.298. The van der Waals surface area contributed by atoms with E-state index in [4.69, 9.17) is 4.74 Å². The van der Waals surface area contributed by atoms with Crippen molar-refractivity contribution in [2.75, 3.05) is 20.2 Å². The van der Waals surface area contributed by atoms with Gasteiger partial charge in [-0.25, -0.2) is 0 Å². The average Bonchev–Trinajstić information content (AvgIpc) is 2.70. The summed E-state index contributed by atoms with van der Waals surface area (Å²) in [7, 11) is 1.64. The summed E-state index contributed by atoms with van der Waals surface area (Å²) < 4.78 is 5.28. The standard InChI is InChI=1S/C16H28N2O4S/c1-11(2)23-12-10-14(20)18(15(12)21)9-6-13(19)17-8-7-16(3,4)22-5/h11-12H,6-10H2,1-5H3,(H,17,19). The first-order valence-electron chi connectivity index (χ1n) is 7.98. The molecule has 1 unspecified atom stereocenters. The highest BCUT2D eigenvalue weighted by molar-refractivity contribution is 8.01. The molecule has 7 heteroatoms. The molecule has 23 heavy (non-hydrogen) atoms. The highest BCUT2D eigenvalue weighted by Crippen LogP contribution is 2.28. The summed E-state index contributed by atoms with van der Waals surface area (Å²) in [6.07, 6.45) is 1.08. The first-order valence-corrected chi connectivity index (χ1v) is 8.92. The minimum Gasteiger partial charge on any atom is -0.379 e. The Balaban J connectivity index is 2.35. The molecule has 132 valence electrons. The van der Waals surface area contributed by atoms with Crippen LogP contribution in [-0.2, 0) is 19.1 Å². The molecule has 0 aromatic carbocycles. The Hall–Kier alpha value is -1.08. The Morgan fingerprint density at radius 3 is 2.65 bits per heavy atom. The lowest BCUT2D eigenvalue weighted by Gasteiger charge is -2.22. The van der Waals surface area contributed by atoms with Crippen LogP contribution >= 0.6 is 11.8 Å². The Bertz CT molecular complexity index is 451. The van der Waals surface area contributed by atoms with Crippen molar-refractivity contribution in [3.05, 3.63) is 0 Å². The lowest BCUT2D eigenvalue weighted by Crippen LogP contribution is -2.37. The first-order chi connectivity index (χ1) is 10.7. The van der Waals surface area contributed by atoms with Crippen molar-refractivity contribution in [1.29, 1.82) is 0 Å². The largest absolute Gasteiger partial charge is 0.379 e. The van der Waals surface area contributed by atoms with Gasteiger partial charge in [0.25, 0.3) is 0 Å². The third-order valence-electron chi connectivity index (χ3n) is 3.80. The lowest BCUT2D eigenvalue weighted by atomic mass is 10.1. The topological polar surface area (TPSA) is 75.7 Å². The van der Waals surface area contributed by atoms with Crippen LogP contribution in [0.4, 0.5) is 0 Å². The van der Waals surface area contributed by atoms with Crippen molar-refractivity contribution in [2.24, 2.45) is 0 Å². The van der Waals surface area contributed by atoms with Crippen LogP contribution in [0, 0.1) is 0 Å². The highest BCUT2D eigenvalue weighted by Gasteiger charge is 2.39. The van der Waals surface area contributed by atoms with Gasteiger partial charge in [-0.15, -0.1) is 11.8 Å². The van der Waals surface area contributed by atoms with Gasteiger partial charge in [0, 0.05) is 33.0 Å². The number of methoxy groups -OCH3 is 1. The van der Waals surface area contributed by atoms with Gasteiger partial charge in [0.05, 0.1) is 10.9 Å². The molecule has 0 aromatic rings. The molecule has 0 saturated carbocycles. The zero-order chi connectivity index (χ0) is 17.6. The van der Waals surface area contributed by atoms with E-state index in [0.29, 0.717) is 18.2 Å². The summed E-state index contributed by atoms with van der Waals surface area (Å²) in [5.41, 5.74) is -0.282. The summed E-state index contributed by atoms with van der Waals surface area (Å²) >= 11 is 1.50. The molecule has 1 N–H and O–H groups in total. The number of ether oxygens (including phenoxy) is 1. The van der Waals surface area contributed by atoms with Crippen LogP contribution in [0.5, 0.6) is 0 Å². The van der Waals surface area contributed by atoms with E-state index in [1.54, 1.807) is 7.11 Å². The molecule has 0 aromatic heterocycles. The number of nitrogens with one attached hydrogen (secondary N) is 1. The second-order valence-electron chi connectivity index (χ2n) is 6.57. The van der Waals surface area contributed by atoms with Gasteiger partial charge in [-0.1, -0.05) is 13.8 Å². The van der Waals surface area contributed by atoms with Gasteiger partial charge < -0.3 is 10.1 Å². The molecule has 1 rings (SSSR count). The third-order valence-corrected chi connectivity index (χ3v) is 5.04. The second kappa shape index (κ2) is 8.68. The number of hydrogen-bond acceptors (Lipinski definition) is 5. The number of imide groups is 1. The molecular weight excluding hydrogens is 316 g/mol. The predicted octanol–water partition coefficient (Wildman–Crippen LogP) is 1.58. The van der Waals surface area contributed by atoms with Crippen molar-refractivity contribution >= 4 is 29.5 Å². The number of hydrogen-bond donors (Lipinski definition) is 1.